The third-order valence-corrected chi connectivity index (χ3v) is 3.82. The number of carbonyl (C=O) groups excluding carboxylic acids is 1. The number of halogens is 2. The van der Waals surface area contributed by atoms with Gasteiger partial charge in [-0.1, -0.05) is 30.7 Å². The Morgan fingerprint density at radius 1 is 1.26 bits per heavy atom. The number of aryl methyl sites for hydroxylation is 1. The van der Waals surface area contributed by atoms with Crippen LogP contribution in [0.2, 0.25) is 5.02 Å². The molecule has 0 spiro atoms. The van der Waals surface area contributed by atoms with Crippen LogP contribution in [0.1, 0.15) is 22.8 Å². The SMILES string of the molecule is CCc1cc(I)ccc1NC(=O)c1ccccc1Cl. The first-order chi connectivity index (χ1) is 9.11. The largest absolute Gasteiger partial charge is 0.322 e. The Kier molecular flexibility index (Phi) is 4.82. The lowest BCUT2D eigenvalue weighted by Crippen LogP contribution is -2.13. The molecule has 0 radical (unpaired) electrons. The molecule has 2 rings (SSSR count). The molecule has 2 aromatic rings. The summed E-state index contributed by atoms with van der Waals surface area (Å²) in [6.45, 7) is 2.07. The van der Waals surface area contributed by atoms with Crippen LogP contribution in [0.3, 0.4) is 0 Å². The number of amides is 1. The van der Waals surface area contributed by atoms with Gasteiger partial charge >= 0.3 is 0 Å². The van der Waals surface area contributed by atoms with E-state index in [-0.39, 0.29) is 5.91 Å². The van der Waals surface area contributed by atoms with Crippen LogP contribution in [0.4, 0.5) is 5.69 Å². The fourth-order valence-electron chi connectivity index (χ4n) is 1.81. The zero-order valence-corrected chi connectivity index (χ0v) is 13.3. The molecule has 1 amide bonds. The van der Waals surface area contributed by atoms with Crippen molar-refractivity contribution < 1.29 is 4.79 Å². The molecule has 0 saturated heterocycles. The summed E-state index contributed by atoms with van der Waals surface area (Å²) in [5.41, 5.74) is 2.45. The maximum Gasteiger partial charge on any atom is 0.257 e. The lowest BCUT2D eigenvalue weighted by atomic mass is 10.1. The van der Waals surface area contributed by atoms with Crippen molar-refractivity contribution in [3.8, 4) is 0 Å². The van der Waals surface area contributed by atoms with Gasteiger partial charge in [0.15, 0.2) is 0 Å². The van der Waals surface area contributed by atoms with E-state index in [1.54, 1.807) is 18.2 Å². The van der Waals surface area contributed by atoms with Gasteiger partial charge in [0.2, 0.25) is 0 Å². The van der Waals surface area contributed by atoms with E-state index in [2.05, 4.69) is 40.9 Å². The molecule has 0 bridgehead atoms. The molecule has 0 aliphatic rings. The molecule has 0 aliphatic heterocycles. The van der Waals surface area contributed by atoms with Gasteiger partial charge in [-0.3, -0.25) is 4.79 Å². The van der Waals surface area contributed by atoms with Gasteiger partial charge in [-0.25, -0.2) is 0 Å². The van der Waals surface area contributed by atoms with Crippen molar-refractivity contribution in [2.24, 2.45) is 0 Å². The first-order valence-electron chi connectivity index (χ1n) is 5.96. The van der Waals surface area contributed by atoms with E-state index in [4.69, 9.17) is 11.6 Å². The van der Waals surface area contributed by atoms with Crippen LogP contribution < -0.4 is 5.32 Å². The third kappa shape index (κ3) is 3.48. The van der Waals surface area contributed by atoms with Crippen molar-refractivity contribution in [3.63, 3.8) is 0 Å². The predicted molar refractivity (Wildman–Crippen MR) is 87.9 cm³/mol. The van der Waals surface area contributed by atoms with E-state index in [1.807, 2.05) is 18.2 Å². The Labute approximate surface area is 131 Å². The Morgan fingerprint density at radius 2 is 2.00 bits per heavy atom. The molecule has 2 nitrogen and oxygen atoms in total. The first-order valence-corrected chi connectivity index (χ1v) is 7.41. The molecular formula is C15H13ClINO. The summed E-state index contributed by atoms with van der Waals surface area (Å²) < 4.78 is 1.16. The minimum atomic E-state index is -0.179. The quantitative estimate of drug-likeness (QED) is 0.758. The molecule has 1 N–H and O–H groups in total. The molecule has 0 fully saturated rings. The summed E-state index contributed by atoms with van der Waals surface area (Å²) in [6.07, 6.45) is 0.870. The monoisotopic (exact) mass is 385 g/mol. The number of hydrogen-bond acceptors (Lipinski definition) is 1. The van der Waals surface area contributed by atoms with Gasteiger partial charge in [0.05, 0.1) is 10.6 Å². The highest BCUT2D eigenvalue weighted by atomic mass is 127. The maximum atomic E-state index is 12.2. The molecule has 0 aromatic heterocycles. The molecule has 2 aromatic carbocycles. The molecule has 4 heteroatoms. The van der Waals surface area contributed by atoms with Gasteiger partial charge in [0.25, 0.3) is 5.91 Å². The standard InChI is InChI=1S/C15H13ClINO/c1-2-10-9-11(17)7-8-14(10)18-15(19)12-5-3-4-6-13(12)16/h3-9H,2H2,1H3,(H,18,19). The minimum absolute atomic E-state index is 0.179. The molecule has 0 unspecified atom stereocenters. The second kappa shape index (κ2) is 6.39. The Morgan fingerprint density at radius 3 is 2.68 bits per heavy atom. The number of rotatable bonds is 3. The number of nitrogens with one attached hydrogen (secondary N) is 1. The van der Waals surface area contributed by atoms with Crippen molar-refractivity contribution in [2.75, 3.05) is 5.32 Å². The molecular weight excluding hydrogens is 373 g/mol. The van der Waals surface area contributed by atoms with Crippen LogP contribution in [0, 0.1) is 3.57 Å². The van der Waals surface area contributed by atoms with E-state index in [0.717, 1.165) is 21.2 Å². The van der Waals surface area contributed by atoms with Gasteiger partial charge in [0, 0.05) is 9.26 Å². The Balaban J connectivity index is 2.27. The van der Waals surface area contributed by atoms with E-state index in [0.29, 0.717) is 10.6 Å². The van der Waals surface area contributed by atoms with Gasteiger partial charge in [-0.05, 0) is 64.9 Å². The number of anilines is 1. The normalized spacial score (nSPS) is 10.3. The van der Waals surface area contributed by atoms with Crippen molar-refractivity contribution in [1.82, 2.24) is 0 Å². The topological polar surface area (TPSA) is 29.1 Å². The van der Waals surface area contributed by atoms with Gasteiger partial charge in [0.1, 0.15) is 0 Å². The molecule has 0 heterocycles. The second-order valence-corrected chi connectivity index (χ2v) is 5.74. The third-order valence-electron chi connectivity index (χ3n) is 2.81. The van der Waals surface area contributed by atoms with Crippen molar-refractivity contribution >= 4 is 45.8 Å². The number of carbonyl (C=O) groups is 1. The minimum Gasteiger partial charge on any atom is -0.322 e. The van der Waals surface area contributed by atoms with Gasteiger partial charge in [-0.2, -0.15) is 0 Å². The zero-order chi connectivity index (χ0) is 13.8. The fourth-order valence-corrected chi connectivity index (χ4v) is 2.59. The predicted octanol–water partition coefficient (Wildman–Crippen LogP) is 4.76. The summed E-state index contributed by atoms with van der Waals surface area (Å²) in [5, 5.41) is 3.38. The van der Waals surface area contributed by atoms with Crippen LogP contribution in [0.25, 0.3) is 0 Å². The van der Waals surface area contributed by atoms with Gasteiger partial charge < -0.3 is 5.32 Å². The van der Waals surface area contributed by atoms with Crippen LogP contribution in [-0.2, 0) is 6.42 Å². The smallest absolute Gasteiger partial charge is 0.257 e. The zero-order valence-electron chi connectivity index (χ0n) is 10.4. The van der Waals surface area contributed by atoms with Gasteiger partial charge in [-0.15, -0.1) is 0 Å². The second-order valence-electron chi connectivity index (χ2n) is 4.09. The van der Waals surface area contributed by atoms with E-state index >= 15 is 0 Å². The average Bonchev–Trinajstić information content (AvgIpc) is 2.41. The van der Waals surface area contributed by atoms with Crippen molar-refractivity contribution in [2.45, 2.75) is 13.3 Å². The summed E-state index contributed by atoms with van der Waals surface area (Å²) >= 11 is 8.28. The van der Waals surface area contributed by atoms with Crippen LogP contribution in [-0.4, -0.2) is 5.91 Å². The lowest BCUT2D eigenvalue weighted by molar-refractivity contribution is 0.102. The summed E-state index contributed by atoms with van der Waals surface area (Å²) in [6, 6.07) is 13.0. The van der Waals surface area contributed by atoms with Crippen LogP contribution >= 0.6 is 34.2 Å². The fraction of sp³-hybridized carbons (Fsp3) is 0.133. The van der Waals surface area contributed by atoms with E-state index in [1.165, 1.54) is 0 Å². The highest BCUT2D eigenvalue weighted by Gasteiger charge is 2.11. The highest BCUT2D eigenvalue weighted by molar-refractivity contribution is 14.1. The molecule has 0 aliphatic carbocycles. The average molecular weight is 386 g/mol. The summed E-state index contributed by atoms with van der Waals surface area (Å²) in [5.74, 6) is -0.179. The van der Waals surface area contributed by atoms with Crippen molar-refractivity contribution in [1.29, 1.82) is 0 Å². The highest BCUT2D eigenvalue weighted by Crippen LogP contribution is 2.22. The van der Waals surface area contributed by atoms with Crippen molar-refractivity contribution in [3.05, 3.63) is 62.2 Å². The van der Waals surface area contributed by atoms with E-state index < -0.39 is 0 Å². The first kappa shape index (κ1) is 14.3. The Hall–Kier alpha value is -1.07. The maximum absolute atomic E-state index is 12.2. The summed E-state index contributed by atoms with van der Waals surface area (Å²) in [4.78, 5) is 12.2. The molecule has 0 saturated carbocycles. The molecule has 0 atom stereocenters. The molecule has 19 heavy (non-hydrogen) atoms. The van der Waals surface area contributed by atoms with E-state index in [9.17, 15) is 4.79 Å². The van der Waals surface area contributed by atoms with Crippen LogP contribution in [0.5, 0.6) is 0 Å². The summed E-state index contributed by atoms with van der Waals surface area (Å²) in [7, 11) is 0. The Bertz CT molecular complexity index is 613. The lowest BCUT2D eigenvalue weighted by Gasteiger charge is -2.11. The number of benzene rings is 2. The van der Waals surface area contributed by atoms with Crippen LogP contribution in [0.15, 0.2) is 42.5 Å². The number of hydrogen-bond donors (Lipinski definition) is 1. The molecule has 98 valence electrons.